The Hall–Kier alpha value is -1.32. The quantitative estimate of drug-likeness (QED) is 0.654. The number of carboxylic acid groups (broad SMARTS) is 1. The minimum atomic E-state index is -1.02. The van der Waals surface area contributed by atoms with E-state index in [9.17, 15) is 9.59 Å². The summed E-state index contributed by atoms with van der Waals surface area (Å²) in [7, 11) is 0. The van der Waals surface area contributed by atoms with Crippen LogP contribution in [0, 0.1) is 5.92 Å². The Labute approximate surface area is 81.9 Å². The predicted molar refractivity (Wildman–Crippen MR) is 47.9 cm³/mol. The van der Waals surface area contributed by atoms with Crippen molar-refractivity contribution < 1.29 is 19.5 Å². The predicted octanol–water partition coefficient (Wildman–Crippen LogP) is 0.448. The highest BCUT2D eigenvalue weighted by molar-refractivity contribution is 5.79. The summed E-state index contributed by atoms with van der Waals surface area (Å²) in [6.45, 7) is 5.67. The first kappa shape index (κ1) is 10.8. The largest absolute Gasteiger partial charge is 0.481 e. The molecule has 0 bridgehead atoms. The normalized spacial score (nSPS) is 21.5. The molecule has 1 rings (SSSR count). The van der Waals surface area contributed by atoms with Gasteiger partial charge in [0.2, 0.25) is 0 Å². The van der Waals surface area contributed by atoms with Gasteiger partial charge in [0.15, 0.2) is 0 Å². The number of hydrogen-bond donors (Lipinski definition) is 1. The van der Waals surface area contributed by atoms with Crippen LogP contribution in [0.2, 0.25) is 0 Å². The van der Waals surface area contributed by atoms with Crippen LogP contribution in [0.25, 0.3) is 0 Å². The van der Waals surface area contributed by atoms with Gasteiger partial charge in [0.25, 0.3) is 0 Å². The molecule has 5 nitrogen and oxygen atoms in total. The van der Waals surface area contributed by atoms with Crippen LogP contribution >= 0.6 is 0 Å². The van der Waals surface area contributed by atoms with Crippen molar-refractivity contribution in [2.45, 2.75) is 26.4 Å². The molecule has 1 heterocycles. The van der Waals surface area contributed by atoms with Crippen molar-refractivity contribution in [2.75, 3.05) is 6.54 Å². The zero-order valence-corrected chi connectivity index (χ0v) is 8.40. The van der Waals surface area contributed by atoms with Crippen molar-refractivity contribution in [3.63, 3.8) is 0 Å². The fourth-order valence-electron chi connectivity index (χ4n) is 1.15. The third-order valence-electron chi connectivity index (χ3n) is 1.73. The van der Waals surface area contributed by atoms with Gasteiger partial charge in [-0.05, 0) is 20.8 Å². The Kier molecular flexibility index (Phi) is 2.64. The second-order valence-corrected chi connectivity index (χ2v) is 4.14. The van der Waals surface area contributed by atoms with Crippen molar-refractivity contribution >= 4 is 11.9 Å². The van der Waals surface area contributed by atoms with Gasteiger partial charge in [-0.15, -0.1) is 0 Å². The summed E-state index contributed by atoms with van der Waals surface area (Å²) < 4.78 is 0. The summed E-state index contributed by atoms with van der Waals surface area (Å²) in [6, 6.07) is 0. The van der Waals surface area contributed by atoms with Crippen LogP contribution in [0.5, 0.6) is 0 Å². The molecule has 14 heavy (non-hydrogen) atoms. The molecule has 1 aliphatic rings. The van der Waals surface area contributed by atoms with Gasteiger partial charge < -0.3 is 5.11 Å². The summed E-state index contributed by atoms with van der Waals surface area (Å²) in [5.41, 5.74) is -0.376. The van der Waals surface area contributed by atoms with Crippen molar-refractivity contribution in [1.82, 2.24) is 5.06 Å². The molecule has 5 heteroatoms. The van der Waals surface area contributed by atoms with Crippen molar-refractivity contribution in [3.8, 4) is 0 Å². The Bertz CT molecular complexity index is 298. The lowest BCUT2D eigenvalue weighted by Gasteiger charge is -2.41. The molecule has 0 amide bonds. The van der Waals surface area contributed by atoms with Crippen LogP contribution in [0.4, 0.5) is 0 Å². The molecule has 1 saturated heterocycles. The van der Waals surface area contributed by atoms with Gasteiger partial charge in [0.05, 0.1) is 12.1 Å². The zero-order chi connectivity index (χ0) is 10.9. The molecule has 1 atom stereocenters. The maximum atomic E-state index is 10.6. The van der Waals surface area contributed by atoms with E-state index in [0.717, 1.165) is 0 Å². The maximum Gasteiger partial charge on any atom is 0.315 e. The van der Waals surface area contributed by atoms with E-state index in [0.29, 0.717) is 0 Å². The highest BCUT2D eigenvalue weighted by Crippen LogP contribution is 2.29. The summed E-state index contributed by atoms with van der Waals surface area (Å²) in [6.07, 6.45) is 0. The van der Waals surface area contributed by atoms with Crippen LogP contribution in [-0.2, 0) is 14.4 Å². The fourth-order valence-corrected chi connectivity index (χ4v) is 1.15. The number of carboxylic acids is 1. The SMILES string of the molecule is CC(C)(C)ON1CC(C(=O)O)C1=C=O. The molecule has 0 spiro atoms. The highest BCUT2D eigenvalue weighted by atomic mass is 16.7. The van der Waals surface area contributed by atoms with E-state index >= 15 is 0 Å². The molecular weight excluding hydrogens is 186 g/mol. The molecule has 1 fully saturated rings. The third kappa shape index (κ3) is 2.13. The molecule has 0 aromatic carbocycles. The lowest BCUT2D eigenvalue weighted by atomic mass is 9.98. The van der Waals surface area contributed by atoms with Gasteiger partial charge in [-0.1, -0.05) is 0 Å². The number of aliphatic carboxylic acids is 1. The minimum absolute atomic E-state index is 0.0624. The number of rotatable bonds is 2. The first-order chi connectivity index (χ1) is 6.35. The molecule has 1 aliphatic heterocycles. The van der Waals surface area contributed by atoms with Crippen molar-refractivity contribution in [1.29, 1.82) is 0 Å². The minimum Gasteiger partial charge on any atom is -0.481 e. The molecule has 1 unspecified atom stereocenters. The summed E-state index contributed by atoms with van der Waals surface area (Å²) in [5, 5.41) is 9.95. The lowest BCUT2D eigenvalue weighted by molar-refractivity contribution is -0.244. The second kappa shape index (κ2) is 3.44. The number of nitrogens with zero attached hydrogens (tertiary/aromatic N) is 1. The Balaban J connectivity index is 2.64. The summed E-state index contributed by atoms with van der Waals surface area (Å²) in [4.78, 5) is 26.4. The van der Waals surface area contributed by atoms with Crippen LogP contribution in [0.1, 0.15) is 20.8 Å². The van der Waals surface area contributed by atoms with Crippen LogP contribution in [0.3, 0.4) is 0 Å². The zero-order valence-electron chi connectivity index (χ0n) is 8.40. The van der Waals surface area contributed by atoms with E-state index in [1.807, 2.05) is 20.8 Å². The second-order valence-electron chi connectivity index (χ2n) is 4.14. The fraction of sp³-hybridized carbons (Fsp3) is 0.667. The maximum absolute atomic E-state index is 10.6. The molecule has 0 saturated carbocycles. The first-order valence-corrected chi connectivity index (χ1v) is 4.29. The van der Waals surface area contributed by atoms with Gasteiger partial charge in [-0.25, -0.2) is 9.86 Å². The lowest BCUT2D eigenvalue weighted by Crippen LogP contribution is -2.50. The van der Waals surface area contributed by atoms with E-state index in [2.05, 4.69) is 0 Å². The smallest absolute Gasteiger partial charge is 0.315 e. The molecule has 0 aromatic rings. The van der Waals surface area contributed by atoms with Crippen LogP contribution in [0.15, 0.2) is 5.70 Å². The highest BCUT2D eigenvalue weighted by Gasteiger charge is 2.42. The van der Waals surface area contributed by atoms with Crippen LogP contribution in [-0.4, -0.2) is 34.2 Å². The van der Waals surface area contributed by atoms with Crippen molar-refractivity contribution in [2.24, 2.45) is 5.92 Å². The summed E-state index contributed by atoms with van der Waals surface area (Å²) in [5.74, 6) is -0.193. The molecule has 78 valence electrons. The molecular formula is C9H13NO4. The topological polar surface area (TPSA) is 66.8 Å². The van der Waals surface area contributed by atoms with Crippen molar-refractivity contribution in [3.05, 3.63) is 5.70 Å². The number of hydroxylamine groups is 2. The molecule has 1 N–H and O–H groups in total. The Morgan fingerprint density at radius 3 is 2.57 bits per heavy atom. The van der Waals surface area contributed by atoms with E-state index in [1.54, 1.807) is 5.94 Å². The van der Waals surface area contributed by atoms with Crippen LogP contribution < -0.4 is 0 Å². The molecule has 0 aliphatic carbocycles. The van der Waals surface area contributed by atoms with E-state index < -0.39 is 17.5 Å². The average Bonchev–Trinajstić information content (AvgIpc) is 1.95. The number of carbonyl (C=O) groups excluding carboxylic acids is 1. The Morgan fingerprint density at radius 1 is 1.64 bits per heavy atom. The van der Waals surface area contributed by atoms with E-state index in [4.69, 9.17) is 9.94 Å². The standard InChI is InChI=1S/C9H13NO4/c1-9(2,3)14-10-4-6(8(12)13)7(10)5-11/h6H,4H2,1-3H3,(H,12,13). The third-order valence-corrected chi connectivity index (χ3v) is 1.73. The van der Waals surface area contributed by atoms with Gasteiger partial charge in [-0.2, -0.15) is 0 Å². The van der Waals surface area contributed by atoms with E-state index in [-0.39, 0.29) is 12.2 Å². The van der Waals surface area contributed by atoms with E-state index in [1.165, 1.54) is 5.06 Å². The number of carbonyl (C=O) groups is 1. The van der Waals surface area contributed by atoms with Gasteiger partial charge in [0, 0.05) is 0 Å². The summed E-state index contributed by atoms with van der Waals surface area (Å²) >= 11 is 0. The molecule has 0 radical (unpaired) electrons. The molecule has 0 aromatic heterocycles. The first-order valence-electron chi connectivity index (χ1n) is 4.29. The average molecular weight is 199 g/mol. The van der Waals surface area contributed by atoms with Gasteiger partial charge >= 0.3 is 5.97 Å². The number of hydrogen-bond acceptors (Lipinski definition) is 4. The monoisotopic (exact) mass is 199 g/mol. The Morgan fingerprint density at radius 2 is 2.21 bits per heavy atom. The van der Waals surface area contributed by atoms with Gasteiger partial charge in [-0.3, -0.25) is 9.63 Å². The van der Waals surface area contributed by atoms with Gasteiger partial charge in [0.1, 0.15) is 17.6 Å².